The third kappa shape index (κ3) is 5.42. The number of nitrogens with zero attached hydrogens (tertiary/aromatic N) is 2. The fraction of sp³-hybridized carbons (Fsp3) is 0.370. The monoisotopic (exact) mass is 509 g/mol. The van der Waals surface area contributed by atoms with Gasteiger partial charge in [0.2, 0.25) is 5.91 Å². The molecule has 188 valence electrons. The Labute approximate surface area is 213 Å². The molecular formula is C27H28FN3O4S. The summed E-state index contributed by atoms with van der Waals surface area (Å²) in [6.45, 7) is 3.55. The molecule has 0 bridgehead atoms. The highest BCUT2D eigenvalue weighted by Crippen LogP contribution is 2.37. The van der Waals surface area contributed by atoms with E-state index < -0.39 is 0 Å². The summed E-state index contributed by atoms with van der Waals surface area (Å²) < 4.78 is 25.6. The number of halogens is 1. The first-order valence-electron chi connectivity index (χ1n) is 12.1. The lowest BCUT2D eigenvalue weighted by Gasteiger charge is -2.37. The molecule has 0 saturated carbocycles. The predicted molar refractivity (Wildman–Crippen MR) is 134 cm³/mol. The number of thiazole rings is 1. The predicted octanol–water partition coefficient (Wildman–Crippen LogP) is 4.26. The zero-order chi connectivity index (χ0) is 25.1. The molecule has 2 aliphatic heterocycles. The van der Waals surface area contributed by atoms with Gasteiger partial charge >= 0.3 is 0 Å². The smallest absolute Gasteiger partial charge is 0.270 e. The summed E-state index contributed by atoms with van der Waals surface area (Å²) in [5.74, 6) is 0.00778. The van der Waals surface area contributed by atoms with Gasteiger partial charge in [0, 0.05) is 32.0 Å². The van der Waals surface area contributed by atoms with Gasteiger partial charge in [0.05, 0.1) is 12.1 Å². The number of fused-ring (bicyclic) bond motifs is 1. The summed E-state index contributed by atoms with van der Waals surface area (Å²) in [5.41, 5.74) is 3.12. The molecule has 2 amide bonds. The van der Waals surface area contributed by atoms with Crippen molar-refractivity contribution >= 4 is 23.2 Å². The van der Waals surface area contributed by atoms with Gasteiger partial charge in [0.25, 0.3) is 5.91 Å². The molecule has 1 aromatic heterocycles. The third-order valence-electron chi connectivity index (χ3n) is 6.58. The molecule has 3 aromatic rings. The van der Waals surface area contributed by atoms with Crippen molar-refractivity contribution in [3.63, 3.8) is 0 Å². The van der Waals surface area contributed by atoms with E-state index in [0.717, 1.165) is 42.6 Å². The molecule has 2 aromatic carbocycles. The fourth-order valence-electron chi connectivity index (χ4n) is 4.79. The second-order valence-corrected chi connectivity index (χ2v) is 9.98. The molecule has 0 aliphatic carbocycles. The van der Waals surface area contributed by atoms with Crippen LogP contribution in [0.5, 0.6) is 5.75 Å². The average molecular weight is 510 g/mol. The van der Waals surface area contributed by atoms with Crippen LogP contribution in [0.1, 0.15) is 58.0 Å². The van der Waals surface area contributed by atoms with Gasteiger partial charge in [-0.2, -0.15) is 0 Å². The number of carbonyl (C=O) groups is 2. The number of benzene rings is 2. The minimum atomic E-state index is -0.385. The number of hydrogen-bond acceptors (Lipinski definition) is 6. The molecule has 5 rings (SSSR count). The highest BCUT2D eigenvalue weighted by atomic mass is 32.1. The molecule has 0 radical (unpaired) electrons. The second-order valence-electron chi connectivity index (χ2n) is 9.04. The van der Waals surface area contributed by atoms with Crippen LogP contribution in [0.4, 0.5) is 4.39 Å². The summed E-state index contributed by atoms with van der Waals surface area (Å²) in [6, 6.07) is 11.8. The van der Waals surface area contributed by atoms with Gasteiger partial charge in [-0.15, -0.1) is 11.3 Å². The average Bonchev–Trinajstić information content (AvgIpc) is 3.57. The van der Waals surface area contributed by atoms with Crippen LogP contribution in [0.2, 0.25) is 0 Å². The van der Waals surface area contributed by atoms with Crippen molar-refractivity contribution in [3.05, 3.63) is 81.1 Å². The SMILES string of the molecule is CC(=O)N1CCc2ccc(OCc3nc(C(=O)NC[C@H]4CCCO4)cs3)cc2[C@H]1c1cccc(F)c1. The molecule has 3 heterocycles. The number of aromatic nitrogens is 1. The number of rotatable bonds is 7. The van der Waals surface area contributed by atoms with Crippen molar-refractivity contribution in [2.75, 3.05) is 19.7 Å². The number of hydrogen-bond donors (Lipinski definition) is 1. The maximum atomic E-state index is 14.0. The van der Waals surface area contributed by atoms with Gasteiger partial charge in [-0.05, 0) is 60.2 Å². The van der Waals surface area contributed by atoms with E-state index in [1.165, 1.54) is 30.4 Å². The maximum absolute atomic E-state index is 14.0. The van der Waals surface area contributed by atoms with E-state index in [0.29, 0.717) is 29.5 Å². The molecule has 0 unspecified atom stereocenters. The van der Waals surface area contributed by atoms with Crippen molar-refractivity contribution in [2.45, 2.75) is 44.9 Å². The van der Waals surface area contributed by atoms with E-state index in [2.05, 4.69) is 10.3 Å². The van der Waals surface area contributed by atoms with Crippen LogP contribution in [0.25, 0.3) is 0 Å². The van der Waals surface area contributed by atoms with Crippen LogP contribution in [0, 0.1) is 5.82 Å². The largest absolute Gasteiger partial charge is 0.486 e. The van der Waals surface area contributed by atoms with Crippen molar-refractivity contribution in [2.24, 2.45) is 0 Å². The van der Waals surface area contributed by atoms with Crippen molar-refractivity contribution in [3.8, 4) is 5.75 Å². The minimum absolute atomic E-state index is 0.0608. The number of ether oxygens (including phenoxy) is 2. The minimum Gasteiger partial charge on any atom is -0.486 e. The third-order valence-corrected chi connectivity index (χ3v) is 7.40. The van der Waals surface area contributed by atoms with Gasteiger partial charge in [0.15, 0.2) is 0 Å². The van der Waals surface area contributed by atoms with Gasteiger partial charge in [-0.3, -0.25) is 9.59 Å². The lowest BCUT2D eigenvalue weighted by atomic mass is 9.88. The van der Waals surface area contributed by atoms with E-state index in [1.54, 1.807) is 16.3 Å². The van der Waals surface area contributed by atoms with Gasteiger partial charge in [0.1, 0.15) is 28.9 Å². The zero-order valence-corrected chi connectivity index (χ0v) is 20.9. The molecular weight excluding hydrogens is 481 g/mol. The molecule has 1 N–H and O–H groups in total. The van der Waals surface area contributed by atoms with Crippen molar-refractivity contribution < 1.29 is 23.5 Å². The summed E-state index contributed by atoms with van der Waals surface area (Å²) >= 11 is 1.36. The highest BCUT2D eigenvalue weighted by Gasteiger charge is 2.31. The first-order chi connectivity index (χ1) is 17.5. The van der Waals surface area contributed by atoms with Crippen LogP contribution < -0.4 is 10.1 Å². The van der Waals surface area contributed by atoms with E-state index >= 15 is 0 Å². The Kier molecular flexibility index (Phi) is 7.29. The second kappa shape index (κ2) is 10.8. The van der Waals surface area contributed by atoms with Gasteiger partial charge in [-0.1, -0.05) is 18.2 Å². The van der Waals surface area contributed by atoms with Crippen LogP contribution in [-0.2, 0) is 22.6 Å². The van der Waals surface area contributed by atoms with Crippen LogP contribution in [0.3, 0.4) is 0 Å². The summed E-state index contributed by atoms with van der Waals surface area (Å²) in [6.07, 6.45) is 2.78. The van der Waals surface area contributed by atoms with Gasteiger partial charge < -0.3 is 19.7 Å². The molecule has 36 heavy (non-hydrogen) atoms. The standard InChI is InChI=1S/C27H28FN3O4S/c1-17(32)31-10-9-18-7-8-21(13-23(18)26(31)19-4-2-5-20(28)12-19)35-15-25-30-24(16-36-25)27(33)29-14-22-6-3-11-34-22/h2,4-5,7-8,12-13,16,22,26H,3,6,9-11,14-15H2,1H3,(H,29,33)/t22-,26-/m1/s1. The number of amides is 2. The Morgan fingerprint density at radius 1 is 1.28 bits per heavy atom. The zero-order valence-electron chi connectivity index (χ0n) is 20.0. The molecule has 1 fully saturated rings. The highest BCUT2D eigenvalue weighted by molar-refractivity contribution is 7.09. The van der Waals surface area contributed by atoms with E-state index in [4.69, 9.17) is 9.47 Å². The maximum Gasteiger partial charge on any atom is 0.270 e. The molecule has 1 saturated heterocycles. The summed E-state index contributed by atoms with van der Waals surface area (Å²) in [7, 11) is 0. The lowest BCUT2D eigenvalue weighted by Crippen LogP contribution is -2.39. The van der Waals surface area contributed by atoms with Crippen LogP contribution in [0.15, 0.2) is 47.8 Å². The molecule has 2 atom stereocenters. The Hall–Kier alpha value is -3.30. The Balaban J connectivity index is 1.29. The first kappa shape index (κ1) is 24.4. The van der Waals surface area contributed by atoms with E-state index in [1.807, 2.05) is 24.3 Å². The van der Waals surface area contributed by atoms with Gasteiger partial charge in [-0.25, -0.2) is 9.37 Å². The Morgan fingerprint density at radius 3 is 2.94 bits per heavy atom. The van der Waals surface area contributed by atoms with Crippen LogP contribution in [-0.4, -0.2) is 47.5 Å². The topological polar surface area (TPSA) is 80.8 Å². The number of nitrogens with one attached hydrogen (secondary N) is 1. The first-order valence-corrected chi connectivity index (χ1v) is 13.0. The summed E-state index contributed by atoms with van der Waals surface area (Å²) in [4.78, 5) is 31.0. The lowest BCUT2D eigenvalue weighted by molar-refractivity contribution is -0.130. The number of carbonyl (C=O) groups excluding carboxylic acids is 2. The van der Waals surface area contributed by atoms with Crippen molar-refractivity contribution in [1.82, 2.24) is 15.2 Å². The Morgan fingerprint density at radius 2 is 2.17 bits per heavy atom. The Bertz CT molecular complexity index is 1260. The quantitative estimate of drug-likeness (QED) is 0.515. The molecule has 0 spiro atoms. The summed E-state index contributed by atoms with van der Waals surface area (Å²) in [5, 5.41) is 5.29. The molecule has 9 heteroatoms. The molecule has 2 aliphatic rings. The van der Waals surface area contributed by atoms with Crippen LogP contribution >= 0.6 is 11.3 Å². The molecule has 7 nitrogen and oxygen atoms in total. The van der Waals surface area contributed by atoms with Crippen molar-refractivity contribution in [1.29, 1.82) is 0 Å². The normalized spacial score (nSPS) is 19.1. The van der Waals surface area contributed by atoms with E-state index in [9.17, 15) is 14.0 Å². The fourth-order valence-corrected chi connectivity index (χ4v) is 5.47. The van der Waals surface area contributed by atoms with E-state index in [-0.39, 0.29) is 36.4 Å².